The number of rotatable bonds is 1. The minimum absolute atomic E-state index is 0.00741. The van der Waals surface area contributed by atoms with Crippen LogP contribution < -0.4 is 0 Å². The van der Waals surface area contributed by atoms with Gasteiger partial charge in [0.2, 0.25) is 0 Å². The Morgan fingerprint density at radius 3 is 2.78 bits per heavy atom. The van der Waals surface area contributed by atoms with Crippen molar-refractivity contribution < 1.29 is 9.84 Å². The molecule has 9 heavy (non-hydrogen) atoms. The summed E-state index contributed by atoms with van der Waals surface area (Å²) in [6, 6.07) is -0.255. The maximum absolute atomic E-state index is 8.61. The summed E-state index contributed by atoms with van der Waals surface area (Å²) >= 11 is 0. The molecule has 0 amide bonds. The SMILES string of the molecule is [B]C1CC(=C)C(CO)O1. The molecule has 1 N–H and O–H groups in total. The van der Waals surface area contributed by atoms with E-state index >= 15 is 0 Å². The lowest BCUT2D eigenvalue weighted by molar-refractivity contribution is 0.0552. The van der Waals surface area contributed by atoms with Crippen LogP contribution in [0.1, 0.15) is 6.42 Å². The Hall–Kier alpha value is -0.275. The first-order chi connectivity index (χ1) is 4.24. The van der Waals surface area contributed by atoms with Crippen molar-refractivity contribution in [1.82, 2.24) is 0 Å². The fourth-order valence-electron chi connectivity index (χ4n) is 0.917. The molecule has 1 heterocycles. The van der Waals surface area contributed by atoms with Crippen molar-refractivity contribution in [2.45, 2.75) is 18.5 Å². The van der Waals surface area contributed by atoms with Crippen LogP contribution >= 0.6 is 0 Å². The van der Waals surface area contributed by atoms with Gasteiger partial charge in [0.15, 0.2) is 0 Å². The molecular formula is C6H9BO2. The van der Waals surface area contributed by atoms with Crippen LogP contribution in [0.25, 0.3) is 0 Å². The fraction of sp³-hybridized carbons (Fsp3) is 0.667. The zero-order valence-corrected chi connectivity index (χ0v) is 5.21. The van der Waals surface area contributed by atoms with E-state index in [1.165, 1.54) is 0 Å². The van der Waals surface area contributed by atoms with Gasteiger partial charge in [-0.2, -0.15) is 0 Å². The average Bonchev–Trinajstić information content (AvgIpc) is 2.10. The molecule has 1 aliphatic rings. The Morgan fingerprint density at radius 2 is 2.56 bits per heavy atom. The van der Waals surface area contributed by atoms with Crippen molar-refractivity contribution in [1.29, 1.82) is 0 Å². The van der Waals surface area contributed by atoms with E-state index in [2.05, 4.69) is 6.58 Å². The highest BCUT2D eigenvalue weighted by atomic mass is 16.5. The van der Waals surface area contributed by atoms with Gasteiger partial charge in [-0.3, -0.25) is 0 Å². The summed E-state index contributed by atoms with van der Waals surface area (Å²) in [4.78, 5) is 0. The van der Waals surface area contributed by atoms with E-state index in [-0.39, 0.29) is 18.7 Å². The zero-order valence-electron chi connectivity index (χ0n) is 5.21. The van der Waals surface area contributed by atoms with E-state index in [1.807, 2.05) is 0 Å². The molecule has 2 nitrogen and oxygen atoms in total. The fourth-order valence-corrected chi connectivity index (χ4v) is 0.917. The Balaban J connectivity index is 2.48. The quantitative estimate of drug-likeness (QED) is 0.388. The van der Waals surface area contributed by atoms with Gasteiger partial charge in [-0.1, -0.05) is 6.58 Å². The van der Waals surface area contributed by atoms with Crippen LogP contribution in [0.15, 0.2) is 12.2 Å². The molecule has 3 heteroatoms. The molecule has 0 aromatic heterocycles. The van der Waals surface area contributed by atoms with Crippen LogP contribution in [0.5, 0.6) is 0 Å². The number of ether oxygens (including phenoxy) is 1. The van der Waals surface area contributed by atoms with E-state index in [0.29, 0.717) is 6.42 Å². The summed E-state index contributed by atoms with van der Waals surface area (Å²) in [5, 5.41) is 8.61. The van der Waals surface area contributed by atoms with Gasteiger partial charge in [0.25, 0.3) is 0 Å². The molecule has 1 fully saturated rings. The molecule has 0 aliphatic carbocycles. The third kappa shape index (κ3) is 1.34. The number of aliphatic hydroxyl groups is 1. The zero-order chi connectivity index (χ0) is 6.85. The van der Waals surface area contributed by atoms with Gasteiger partial charge >= 0.3 is 0 Å². The average molecular weight is 124 g/mol. The van der Waals surface area contributed by atoms with E-state index in [1.54, 1.807) is 0 Å². The molecule has 1 aliphatic heterocycles. The molecule has 0 aromatic rings. The van der Waals surface area contributed by atoms with Crippen molar-refractivity contribution in [3.63, 3.8) is 0 Å². The Morgan fingerprint density at radius 1 is 1.89 bits per heavy atom. The second-order valence-electron chi connectivity index (χ2n) is 2.21. The summed E-state index contributed by atoms with van der Waals surface area (Å²) in [5.41, 5.74) is 0.894. The van der Waals surface area contributed by atoms with Gasteiger partial charge in [0, 0.05) is 6.00 Å². The second kappa shape index (κ2) is 2.54. The van der Waals surface area contributed by atoms with Crippen LogP contribution in [-0.4, -0.2) is 31.7 Å². The van der Waals surface area contributed by atoms with E-state index in [9.17, 15) is 0 Å². The number of hydrogen-bond donors (Lipinski definition) is 1. The lowest BCUT2D eigenvalue weighted by Gasteiger charge is -2.06. The van der Waals surface area contributed by atoms with Gasteiger partial charge in [-0.25, -0.2) is 0 Å². The number of aliphatic hydroxyl groups excluding tert-OH is 1. The van der Waals surface area contributed by atoms with E-state index in [0.717, 1.165) is 5.57 Å². The summed E-state index contributed by atoms with van der Waals surface area (Å²) in [6.45, 7) is 3.68. The minimum Gasteiger partial charge on any atom is -0.393 e. The largest absolute Gasteiger partial charge is 0.393 e. The smallest absolute Gasteiger partial charge is 0.109 e. The minimum atomic E-state index is -0.255. The predicted octanol–water partition coefficient (Wildman–Crippen LogP) is -0.182. The lowest BCUT2D eigenvalue weighted by Crippen LogP contribution is -2.14. The van der Waals surface area contributed by atoms with Gasteiger partial charge in [0.1, 0.15) is 14.0 Å². The van der Waals surface area contributed by atoms with Crippen LogP contribution in [0, 0.1) is 0 Å². The van der Waals surface area contributed by atoms with Gasteiger partial charge < -0.3 is 9.84 Å². The van der Waals surface area contributed by atoms with E-state index < -0.39 is 0 Å². The van der Waals surface area contributed by atoms with Crippen molar-refractivity contribution in [3.05, 3.63) is 12.2 Å². The van der Waals surface area contributed by atoms with Crippen LogP contribution in [0.3, 0.4) is 0 Å². The highest BCUT2D eigenvalue weighted by Gasteiger charge is 2.23. The molecule has 2 atom stereocenters. The maximum atomic E-state index is 8.61. The highest BCUT2D eigenvalue weighted by molar-refractivity contribution is 6.11. The van der Waals surface area contributed by atoms with Crippen molar-refractivity contribution in [2.75, 3.05) is 6.61 Å². The van der Waals surface area contributed by atoms with Crippen molar-refractivity contribution >= 4 is 7.85 Å². The number of hydrogen-bond acceptors (Lipinski definition) is 2. The molecule has 0 saturated carbocycles. The molecule has 0 spiro atoms. The van der Waals surface area contributed by atoms with Crippen LogP contribution in [0.2, 0.25) is 0 Å². The first-order valence-electron chi connectivity index (χ1n) is 2.93. The standard InChI is InChI=1S/C6H9BO2/c1-4-2-6(7)9-5(4)3-8/h5-6,8H,1-3H2. The monoisotopic (exact) mass is 124 g/mol. The molecule has 2 unspecified atom stereocenters. The maximum Gasteiger partial charge on any atom is 0.109 e. The summed E-state index contributed by atoms with van der Waals surface area (Å²) < 4.78 is 5.05. The van der Waals surface area contributed by atoms with Gasteiger partial charge in [-0.15, -0.1) is 0 Å². The Kier molecular flexibility index (Phi) is 1.93. The summed E-state index contributed by atoms with van der Waals surface area (Å²) in [6.07, 6.45) is 0.450. The predicted molar refractivity (Wildman–Crippen MR) is 35.3 cm³/mol. The first-order valence-corrected chi connectivity index (χ1v) is 2.93. The highest BCUT2D eigenvalue weighted by Crippen LogP contribution is 2.21. The second-order valence-corrected chi connectivity index (χ2v) is 2.21. The molecule has 1 rings (SSSR count). The topological polar surface area (TPSA) is 29.5 Å². The summed E-state index contributed by atoms with van der Waals surface area (Å²) in [7, 11) is 5.40. The lowest BCUT2D eigenvalue weighted by atomic mass is 9.95. The van der Waals surface area contributed by atoms with Crippen LogP contribution in [-0.2, 0) is 4.74 Å². The van der Waals surface area contributed by atoms with Crippen molar-refractivity contribution in [3.8, 4) is 0 Å². The molecular weight excluding hydrogens is 115 g/mol. The molecule has 2 radical (unpaired) electrons. The van der Waals surface area contributed by atoms with Crippen LogP contribution in [0.4, 0.5) is 0 Å². The van der Waals surface area contributed by atoms with Crippen molar-refractivity contribution in [2.24, 2.45) is 0 Å². The Bertz CT molecular complexity index is 124. The van der Waals surface area contributed by atoms with Gasteiger partial charge in [-0.05, 0) is 12.0 Å². The molecule has 0 bridgehead atoms. The summed E-state index contributed by atoms with van der Waals surface area (Å²) in [5.74, 6) is 0. The third-order valence-corrected chi connectivity index (χ3v) is 1.42. The molecule has 48 valence electrons. The normalized spacial score (nSPS) is 35.4. The molecule has 0 aromatic carbocycles. The Labute approximate surface area is 55.9 Å². The third-order valence-electron chi connectivity index (χ3n) is 1.42. The van der Waals surface area contributed by atoms with E-state index in [4.69, 9.17) is 17.7 Å². The van der Waals surface area contributed by atoms with Gasteiger partial charge in [0.05, 0.1) is 6.61 Å². The molecule has 1 saturated heterocycles. The first kappa shape index (κ1) is 6.84.